The molecule has 0 aliphatic carbocycles. The highest BCUT2D eigenvalue weighted by molar-refractivity contribution is 8.23. The number of carboxylic acids is 1. The Hall–Kier alpha value is -0.563. The fraction of sp³-hybridized carbons (Fsp3) is 0.682. The molecule has 2 rings (SSSR count). The number of ether oxygens (including phenoxy) is 2. The summed E-state index contributed by atoms with van der Waals surface area (Å²) >= 11 is 19.5. The standard InChI is InChI=1S/C22H32Cl3NO7S2Si/c1-8-9-22-13(12(2)32-20(30)33-16(25)15(23)24)17(27)26(22)14(18(28)29)19(35-22)34-11-10-31-36(6,7)21(3,4)5/h8,12-13,15-16H,1,9-11H2,2-7H3,(H,28,29)/t12?,13-,16?,22+/m0/s1. The Bertz CT molecular complexity index is 928. The van der Waals surface area contributed by atoms with Gasteiger partial charge in [-0.15, -0.1) is 18.3 Å². The zero-order valence-electron chi connectivity index (χ0n) is 21.0. The Morgan fingerprint density at radius 3 is 2.42 bits per heavy atom. The fourth-order valence-electron chi connectivity index (χ4n) is 3.65. The Balaban J connectivity index is 2.17. The van der Waals surface area contributed by atoms with Crippen molar-refractivity contribution in [1.82, 2.24) is 4.90 Å². The second-order valence-corrected chi connectivity index (χ2v) is 19.0. The van der Waals surface area contributed by atoms with E-state index in [0.717, 1.165) is 0 Å². The van der Waals surface area contributed by atoms with Gasteiger partial charge in [0, 0.05) is 12.4 Å². The van der Waals surface area contributed by atoms with Crippen LogP contribution in [0.2, 0.25) is 18.1 Å². The van der Waals surface area contributed by atoms with Crippen molar-refractivity contribution in [2.24, 2.45) is 5.92 Å². The number of rotatable bonds is 12. The summed E-state index contributed by atoms with van der Waals surface area (Å²) in [5.41, 5.74) is -1.41. The summed E-state index contributed by atoms with van der Waals surface area (Å²) < 4.78 is 16.8. The number of thioether (sulfide) groups is 2. The highest BCUT2D eigenvalue weighted by Gasteiger charge is 2.68. The molecule has 0 radical (unpaired) electrons. The normalized spacial score (nSPS) is 23.8. The van der Waals surface area contributed by atoms with Crippen LogP contribution in [-0.2, 0) is 23.5 Å². The van der Waals surface area contributed by atoms with E-state index in [2.05, 4.69) is 40.4 Å². The van der Waals surface area contributed by atoms with Crippen molar-refractivity contribution >= 4 is 84.7 Å². The summed E-state index contributed by atoms with van der Waals surface area (Å²) in [7, 11) is -1.95. The number of halogens is 3. The molecule has 2 unspecified atom stereocenters. The molecule has 2 aliphatic rings. The number of fused-ring (bicyclic) bond motifs is 1. The number of aliphatic carboxylic acids is 1. The summed E-state index contributed by atoms with van der Waals surface area (Å²) in [6.07, 6.45) is -0.191. The van der Waals surface area contributed by atoms with Gasteiger partial charge in [-0.25, -0.2) is 9.59 Å². The van der Waals surface area contributed by atoms with E-state index < -0.39 is 53.6 Å². The third-order valence-corrected chi connectivity index (χ3v) is 14.8. The van der Waals surface area contributed by atoms with Gasteiger partial charge >= 0.3 is 12.1 Å². The molecule has 1 saturated heterocycles. The average Bonchev–Trinajstić information content (AvgIpc) is 3.00. The Morgan fingerprint density at radius 2 is 1.92 bits per heavy atom. The monoisotopic (exact) mass is 619 g/mol. The van der Waals surface area contributed by atoms with Crippen LogP contribution in [0.5, 0.6) is 0 Å². The number of hydrogen-bond donors (Lipinski definition) is 1. The molecule has 0 aromatic rings. The van der Waals surface area contributed by atoms with Crippen LogP contribution in [0.4, 0.5) is 4.79 Å². The fourth-order valence-corrected chi connectivity index (χ4v) is 8.10. The number of amides is 1. The predicted octanol–water partition coefficient (Wildman–Crippen LogP) is 6.38. The van der Waals surface area contributed by atoms with Gasteiger partial charge < -0.3 is 19.0 Å². The van der Waals surface area contributed by atoms with Crippen molar-refractivity contribution in [3.8, 4) is 0 Å². The average molecular weight is 621 g/mol. The van der Waals surface area contributed by atoms with E-state index in [0.29, 0.717) is 16.6 Å². The molecular formula is C22H32Cl3NO7S2Si. The smallest absolute Gasteiger partial charge is 0.477 e. The van der Waals surface area contributed by atoms with Gasteiger partial charge in [0.05, 0.1) is 4.24 Å². The first-order valence-corrected chi connectivity index (χ1v) is 17.2. The van der Waals surface area contributed by atoms with Crippen molar-refractivity contribution in [2.45, 2.75) is 73.6 Å². The van der Waals surface area contributed by atoms with Gasteiger partial charge in [-0.1, -0.05) is 73.4 Å². The molecule has 1 fully saturated rings. The van der Waals surface area contributed by atoms with Gasteiger partial charge in [0.1, 0.15) is 16.9 Å². The minimum absolute atomic E-state index is 0.0545. The molecule has 2 aliphatic heterocycles. The summed E-state index contributed by atoms with van der Waals surface area (Å²) in [6.45, 7) is 16.5. The molecule has 2 heterocycles. The number of carbonyl (C=O) groups is 3. The van der Waals surface area contributed by atoms with Gasteiger partial charge in [0.25, 0.3) is 0 Å². The minimum atomic E-state index is -1.95. The number of β-lactam (4-membered cyclic amide) rings is 1. The Kier molecular flexibility index (Phi) is 10.6. The lowest BCUT2D eigenvalue weighted by Gasteiger charge is -2.54. The third kappa shape index (κ3) is 6.52. The molecule has 0 aromatic heterocycles. The first kappa shape index (κ1) is 31.7. The van der Waals surface area contributed by atoms with Crippen molar-refractivity contribution in [2.75, 3.05) is 12.4 Å². The third-order valence-electron chi connectivity index (χ3n) is 6.42. The lowest BCUT2D eigenvalue weighted by Crippen LogP contribution is -2.70. The van der Waals surface area contributed by atoms with Crippen LogP contribution in [-0.4, -0.2) is 70.1 Å². The summed E-state index contributed by atoms with van der Waals surface area (Å²) in [5, 5.41) is 10.0. The topological polar surface area (TPSA) is 102 Å². The molecule has 0 saturated carbocycles. The summed E-state index contributed by atoms with van der Waals surface area (Å²) in [4.78, 5) is 36.6. The van der Waals surface area contributed by atoms with Crippen LogP contribution >= 0.6 is 58.3 Å². The maximum absolute atomic E-state index is 13.2. The Labute approximate surface area is 236 Å². The van der Waals surface area contributed by atoms with E-state index in [4.69, 9.17) is 48.7 Å². The van der Waals surface area contributed by atoms with Crippen LogP contribution in [0.1, 0.15) is 34.1 Å². The number of hydrogen-bond acceptors (Lipinski definition) is 8. The lowest BCUT2D eigenvalue weighted by molar-refractivity contribution is -0.167. The van der Waals surface area contributed by atoms with Crippen LogP contribution in [0.15, 0.2) is 22.6 Å². The predicted molar refractivity (Wildman–Crippen MR) is 148 cm³/mol. The first-order valence-electron chi connectivity index (χ1n) is 11.2. The van der Waals surface area contributed by atoms with Crippen LogP contribution in [0.3, 0.4) is 0 Å². The SMILES string of the molecule is C=CC[C@]12SC(SCCO[Si](C)(C)C(C)(C)C)=C(C(=O)O)N1C(=O)[C@@H]2C(C)OC(=O)OC(Cl)C(Cl)Cl. The van der Waals surface area contributed by atoms with Crippen LogP contribution in [0.25, 0.3) is 0 Å². The van der Waals surface area contributed by atoms with Crippen molar-refractivity contribution in [1.29, 1.82) is 0 Å². The molecule has 0 spiro atoms. The minimum Gasteiger partial charge on any atom is -0.477 e. The van der Waals surface area contributed by atoms with Gasteiger partial charge in [-0.05, 0) is 31.5 Å². The highest BCUT2D eigenvalue weighted by Crippen LogP contribution is 2.63. The maximum atomic E-state index is 13.2. The van der Waals surface area contributed by atoms with E-state index in [1.165, 1.54) is 35.3 Å². The van der Waals surface area contributed by atoms with Gasteiger partial charge in [0.15, 0.2) is 18.9 Å². The molecular weight excluding hydrogens is 589 g/mol. The van der Waals surface area contributed by atoms with E-state index in [9.17, 15) is 19.5 Å². The second kappa shape index (κ2) is 12.1. The van der Waals surface area contributed by atoms with E-state index >= 15 is 0 Å². The summed E-state index contributed by atoms with van der Waals surface area (Å²) in [6, 6.07) is 0. The van der Waals surface area contributed by atoms with E-state index in [1.54, 1.807) is 6.08 Å². The molecule has 4 atom stereocenters. The van der Waals surface area contributed by atoms with Crippen molar-refractivity contribution in [3.05, 3.63) is 22.6 Å². The largest absolute Gasteiger partial charge is 0.510 e. The second-order valence-electron chi connectivity index (χ2n) is 9.87. The highest BCUT2D eigenvalue weighted by atomic mass is 35.5. The molecule has 1 N–H and O–H groups in total. The number of alkyl halides is 3. The summed E-state index contributed by atoms with van der Waals surface area (Å²) in [5.74, 6) is -1.98. The molecule has 0 aromatic carbocycles. The molecule has 204 valence electrons. The van der Waals surface area contributed by atoms with Crippen molar-refractivity contribution < 1.29 is 33.4 Å². The van der Waals surface area contributed by atoms with Crippen LogP contribution < -0.4 is 0 Å². The molecule has 8 nitrogen and oxygen atoms in total. The van der Waals surface area contributed by atoms with E-state index in [1.807, 2.05) is 0 Å². The molecule has 0 bridgehead atoms. The van der Waals surface area contributed by atoms with Gasteiger partial charge in [0.2, 0.25) is 11.5 Å². The maximum Gasteiger partial charge on any atom is 0.510 e. The number of carboxylic acid groups (broad SMARTS) is 1. The molecule has 1 amide bonds. The zero-order valence-corrected chi connectivity index (χ0v) is 25.9. The number of carbonyl (C=O) groups excluding carboxylic acids is 2. The van der Waals surface area contributed by atoms with Crippen LogP contribution in [0, 0.1) is 5.92 Å². The molecule has 14 heteroatoms. The zero-order chi connectivity index (χ0) is 27.6. The van der Waals surface area contributed by atoms with E-state index in [-0.39, 0.29) is 17.2 Å². The lowest BCUT2D eigenvalue weighted by atomic mass is 9.80. The quantitative estimate of drug-likeness (QED) is 0.0664. The van der Waals surface area contributed by atoms with Gasteiger partial charge in [-0.2, -0.15) is 0 Å². The Morgan fingerprint density at radius 1 is 1.31 bits per heavy atom. The van der Waals surface area contributed by atoms with Gasteiger partial charge in [-0.3, -0.25) is 9.69 Å². The number of nitrogens with zero attached hydrogens (tertiary/aromatic N) is 1. The first-order chi connectivity index (χ1) is 16.5. The molecule has 36 heavy (non-hydrogen) atoms. The van der Waals surface area contributed by atoms with Crippen molar-refractivity contribution in [3.63, 3.8) is 0 Å².